The molecular weight excluding hydrogens is 162 g/mol. The summed E-state index contributed by atoms with van der Waals surface area (Å²) in [6.45, 7) is 0. The summed E-state index contributed by atoms with van der Waals surface area (Å²) in [4.78, 5) is 0. The van der Waals surface area contributed by atoms with Crippen molar-refractivity contribution in [3.05, 3.63) is 53.9 Å². The van der Waals surface area contributed by atoms with Crippen LogP contribution in [0.5, 0.6) is 0 Å². The second kappa shape index (κ2) is 4.33. The highest BCUT2D eigenvalue weighted by Gasteiger charge is 1.94. The minimum Gasteiger partial charge on any atom is -0.398 e. The van der Waals surface area contributed by atoms with Crippen molar-refractivity contribution < 1.29 is 5.73 Å². The maximum Gasteiger partial charge on any atom is 0.114 e. The van der Waals surface area contributed by atoms with Gasteiger partial charge in [-0.25, -0.2) is 0 Å². The Hall–Kier alpha value is -1.74. The van der Waals surface area contributed by atoms with E-state index in [-0.39, 0.29) is 0 Å². The van der Waals surface area contributed by atoms with E-state index in [1.165, 1.54) is 0 Å². The predicted molar refractivity (Wildman–Crippen MR) is 53.8 cm³/mol. The molecule has 0 atom stereocenters. The summed E-state index contributed by atoms with van der Waals surface area (Å²) in [7, 11) is 0. The van der Waals surface area contributed by atoms with Crippen molar-refractivity contribution in [2.75, 3.05) is 0 Å². The van der Waals surface area contributed by atoms with Gasteiger partial charge in [0.1, 0.15) is 6.20 Å². The molecule has 0 aliphatic heterocycles. The fourth-order valence-corrected chi connectivity index (χ4v) is 0.952. The highest BCUT2D eigenvalue weighted by Crippen LogP contribution is 2.08. The van der Waals surface area contributed by atoms with Crippen LogP contribution in [-0.2, 0) is 0 Å². The first-order chi connectivity index (χ1) is 6.24. The molecule has 0 spiro atoms. The highest BCUT2D eigenvalue weighted by molar-refractivity contribution is 5.64. The first-order valence-corrected chi connectivity index (χ1v) is 4.01. The van der Waals surface area contributed by atoms with Gasteiger partial charge in [-0.2, -0.15) is 0 Å². The zero-order valence-corrected chi connectivity index (χ0v) is 7.40. The minimum atomic E-state index is 0.571. The minimum absolute atomic E-state index is 0.571. The highest BCUT2D eigenvalue weighted by atomic mass is 14.6. The van der Waals surface area contributed by atoms with Crippen molar-refractivity contribution >= 4 is 5.70 Å². The average Bonchev–Trinajstić information content (AvgIpc) is 2.19. The van der Waals surface area contributed by atoms with Crippen LogP contribution in [0.3, 0.4) is 0 Å². The molecule has 13 heavy (non-hydrogen) atoms. The molecule has 0 aromatic heterocycles. The Morgan fingerprint density at radius 1 is 1.15 bits per heavy atom. The molecule has 7 N–H and O–H groups in total. The summed E-state index contributed by atoms with van der Waals surface area (Å²) in [6.07, 6.45) is 3.26. The number of benzene rings is 1. The van der Waals surface area contributed by atoms with Gasteiger partial charge in [-0.3, -0.25) is 0 Å². The molecule has 1 rings (SSSR count). The molecule has 3 nitrogen and oxygen atoms in total. The molecule has 68 valence electrons. The van der Waals surface area contributed by atoms with Crippen LogP contribution < -0.4 is 17.2 Å². The lowest BCUT2D eigenvalue weighted by Crippen LogP contribution is -2.40. The zero-order chi connectivity index (χ0) is 9.68. The first-order valence-electron chi connectivity index (χ1n) is 4.01. The number of hydrogen-bond donors (Lipinski definition) is 3. The monoisotopic (exact) mass is 176 g/mol. The van der Waals surface area contributed by atoms with Crippen molar-refractivity contribution in [2.24, 2.45) is 11.5 Å². The molecule has 0 saturated carbocycles. The Morgan fingerprint density at radius 2 is 1.77 bits per heavy atom. The van der Waals surface area contributed by atoms with Crippen molar-refractivity contribution in [2.45, 2.75) is 0 Å². The maximum absolute atomic E-state index is 5.78. The average molecular weight is 176 g/mol. The molecule has 0 radical (unpaired) electrons. The molecule has 0 unspecified atom stereocenters. The predicted octanol–water partition coefficient (Wildman–Crippen LogP) is 0.0282. The topological polar surface area (TPSA) is 79.7 Å². The van der Waals surface area contributed by atoms with E-state index in [1.807, 2.05) is 30.3 Å². The van der Waals surface area contributed by atoms with Gasteiger partial charge in [-0.15, -0.1) is 0 Å². The van der Waals surface area contributed by atoms with Gasteiger partial charge in [-0.1, -0.05) is 30.3 Å². The van der Waals surface area contributed by atoms with Crippen molar-refractivity contribution in [1.82, 2.24) is 0 Å². The lowest BCUT2D eigenvalue weighted by molar-refractivity contribution is -0.276. The largest absolute Gasteiger partial charge is 0.398 e. The number of hydrogen-bond acceptors (Lipinski definition) is 2. The lowest BCUT2D eigenvalue weighted by Gasteiger charge is -1.99. The molecule has 0 fully saturated rings. The smallest absolute Gasteiger partial charge is 0.114 e. The fraction of sp³-hybridized carbons (Fsp3) is 0. The molecule has 1 aromatic carbocycles. The second-order valence-electron chi connectivity index (χ2n) is 2.67. The third-order valence-electron chi connectivity index (χ3n) is 1.66. The van der Waals surface area contributed by atoms with Crippen LogP contribution in [0, 0.1) is 0 Å². The van der Waals surface area contributed by atoms with Crippen molar-refractivity contribution in [3.63, 3.8) is 0 Å². The van der Waals surface area contributed by atoms with Crippen molar-refractivity contribution in [3.8, 4) is 0 Å². The molecule has 0 saturated heterocycles. The molecule has 1 aromatic rings. The summed E-state index contributed by atoms with van der Waals surface area (Å²) in [5.41, 5.74) is 17.1. The standard InChI is InChI=1S/C10H13N3/c11-7-9(12)6-10(13)8-4-2-1-3-5-8/h1-7H,11-13H2/p+1/b9-7+,10-6-. The molecule has 0 amide bonds. The molecule has 3 heteroatoms. The van der Waals surface area contributed by atoms with E-state index in [0.29, 0.717) is 11.4 Å². The molecule has 0 aliphatic rings. The Bertz CT molecular complexity index is 325. The third kappa shape index (κ3) is 2.65. The normalized spacial score (nSPS) is 13.0. The van der Waals surface area contributed by atoms with Crippen LogP contribution in [0.1, 0.15) is 5.56 Å². The number of allylic oxidation sites excluding steroid dienone is 1. The molecule has 0 heterocycles. The molecular formula is C10H14N3+. The Balaban J connectivity index is 2.92. The summed E-state index contributed by atoms with van der Waals surface area (Å²) in [5, 5.41) is 0. The number of quaternary nitrogens is 1. The quantitative estimate of drug-likeness (QED) is 0.556. The van der Waals surface area contributed by atoms with Crippen LogP contribution in [0.15, 0.2) is 48.3 Å². The summed E-state index contributed by atoms with van der Waals surface area (Å²) >= 11 is 0. The summed E-state index contributed by atoms with van der Waals surface area (Å²) in [5.74, 6) is 0. The number of rotatable bonds is 2. The van der Waals surface area contributed by atoms with E-state index in [4.69, 9.17) is 11.5 Å². The van der Waals surface area contributed by atoms with Crippen molar-refractivity contribution in [1.29, 1.82) is 0 Å². The SMILES string of the molecule is N/C(=C\C(N)=C/[NH3+])c1ccccc1. The summed E-state index contributed by atoms with van der Waals surface area (Å²) in [6, 6.07) is 9.67. The van der Waals surface area contributed by atoms with Crippen LogP contribution in [0.25, 0.3) is 5.70 Å². The van der Waals surface area contributed by atoms with Crippen LogP contribution >= 0.6 is 0 Å². The Kier molecular flexibility index (Phi) is 3.11. The summed E-state index contributed by atoms with van der Waals surface area (Å²) < 4.78 is 0. The Morgan fingerprint density at radius 3 is 2.31 bits per heavy atom. The van der Waals surface area contributed by atoms with Crippen LogP contribution in [0.4, 0.5) is 0 Å². The van der Waals surface area contributed by atoms with Gasteiger partial charge in [0.25, 0.3) is 0 Å². The van der Waals surface area contributed by atoms with E-state index in [1.54, 1.807) is 12.3 Å². The van der Waals surface area contributed by atoms with E-state index in [0.717, 1.165) is 5.56 Å². The Labute approximate surface area is 77.5 Å². The lowest BCUT2D eigenvalue weighted by atomic mass is 10.1. The van der Waals surface area contributed by atoms with Gasteiger partial charge in [0.05, 0.1) is 5.70 Å². The number of nitrogens with two attached hydrogens (primary N) is 2. The maximum atomic E-state index is 5.78. The third-order valence-corrected chi connectivity index (χ3v) is 1.66. The van der Waals surface area contributed by atoms with Gasteiger partial charge in [0.2, 0.25) is 0 Å². The molecule has 0 bridgehead atoms. The van der Waals surface area contributed by atoms with Gasteiger partial charge in [0.15, 0.2) is 0 Å². The van der Waals surface area contributed by atoms with Crippen LogP contribution in [-0.4, -0.2) is 0 Å². The van der Waals surface area contributed by atoms with E-state index in [2.05, 4.69) is 5.73 Å². The second-order valence-corrected chi connectivity index (χ2v) is 2.67. The zero-order valence-electron chi connectivity index (χ0n) is 7.40. The van der Waals surface area contributed by atoms with Crippen LogP contribution in [0.2, 0.25) is 0 Å². The van der Waals surface area contributed by atoms with E-state index >= 15 is 0 Å². The van der Waals surface area contributed by atoms with E-state index in [9.17, 15) is 0 Å². The van der Waals surface area contributed by atoms with Gasteiger partial charge in [0, 0.05) is 5.70 Å². The van der Waals surface area contributed by atoms with Gasteiger partial charge in [-0.05, 0) is 11.6 Å². The fourth-order valence-electron chi connectivity index (χ4n) is 0.952. The van der Waals surface area contributed by atoms with E-state index < -0.39 is 0 Å². The molecule has 0 aliphatic carbocycles. The van der Waals surface area contributed by atoms with Gasteiger partial charge >= 0.3 is 0 Å². The van der Waals surface area contributed by atoms with Gasteiger partial charge < -0.3 is 17.2 Å². The first kappa shape index (κ1) is 9.35.